The van der Waals surface area contributed by atoms with Crippen molar-refractivity contribution in [1.29, 1.82) is 0 Å². The van der Waals surface area contributed by atoms with Gasteiger partial charge in [0.2, 0.25) is 0 Å². The van der Waals surface area contributed by atoms with Crippen molar-refractivity contribution < 1.29 is 4.74 Å². The van der Waals surface area contributed by atoms with Gasteiger partial charge in [-0.2, -0.15) is 11.8 Å². The van der Waals surface area contributed by atoms with Gasteiger partial charge in [0, 0.05) is 16.6 Å². The first-order valence-corrected chi connectivity index (χ1v) is 15.2. The Morgan fingerprint density at radius 2 is 1.50 bits per heavy atom. The molecular weight excluding hydrogens is 449 g/mol. The second kappa shape index (κ2) is 8.76. The molecule has 168 valence electrons. The molecule has 2 aromatic carbocycles. The Kier molecular flexibility index (Phi) is 5.94. The first-order valence-electron chi connectivity index (χ1n) is 12.2. The van der Waals surface area contributed by atoms with E-state index in [-0.39, 0.29) is 9.68 Å². The van der Waals surface area contributed by atoms with Crippen LogP contribution in [0, 0.1) is 5.92 Å². The van der Waals surface area contributed by atoms with E-state index in [0.29, 0.717) is 12.0 Å². The molecule has 3 atom stereocenters. The molecule has 2 aliphatic carbocycles. The van der Waals surface area contributed by atoms with Crippen LogP contribution in [0.3, 0.4) is 0 Å². The summed E-state index contributed by atoms with van der Waals surface area (Å²) in [6, 6.07) is 18.5. The van der Waals surface area contributed by atoms with Gasteiger partial charge >= 0.3 is 0 Å². The molecule has 1 saturated carbocycles. The van der Waals surface area contributed by atoms with Gasteiger partial charge in [-0.3, -0.25) is 0 Å². The molecule has 0 bridgehead atoms. The highest BCUT2D eigenvalue weighted by Crippen LogP contribution is 2.68. The van der Waals surface area contributed by atoms with Crippen LogP contribution in [0.2, 0.25) is 0 Å². The summed E-state index contributed by atoms with van der Waals surface area (Å²) in [5.74, 6) is 3.90. The van der Waals surface area contributed by atoms with Gasteiger partial charge in [0.1, 0.15) is 0 Å². The molecule has 0 amide bonds. The van der Waals surface area contributed by atoms with Crippen molar-refractivity contribution in [2.24, 2.45) is 5.92 Å². The van der Waals surface area contributed by atoms with Gasteiger partial charge < -0.3 is 4.74 Å². The molecule has 1 nitrogen and oxygen atoms in total. The standard InChI is InChI=1S/C28H32OS3/c1-20-27(19-30-17-10-18-31-20)29-26-16-5-3-2-4-15-25(26)28(32-27)23-13-8-6-11-21(23)22-12-7-9-14-24(22)28/h6-9,11-14,25-26H,1-5,10,15-19H2/t25-,26-,27+/m0/s1. The number of hydrogen-bond acceptors (Lipinski definition) is 4. The monoisotopic (exact) mass is 480 g/mol. The second-order valence-corrected chi connectivity index (χ2v) is 13.4. The third kappa shape index (κ3) is 3.35. The van der Waals surface area contributed by atoms with Crippen molar-refractivity contribution in [1.82, 2.24) is 0 Å². The summed E-state index contributed by atoms with van der Waals surface area (Å²) in [4.78, 5) is 0.928. The Morgan fingerprint density at radius 3 is 2.25 bits per heavy atom. The molecule has 2 saturated heterocycles. The minimum Gasteiger partial charge on any atom is -0.355 e. The molecular formula is C28H32OS3. The third-order valence-corrected chi connectivity index (χ3v) is 12.3. The van der Waals surface area contributed by atoms with Gasteiger partial charge in [-0.05, 0) is 53.0 Å². The van der Waals surface area contributed by atoms with Crippen LogP contribution in [0.5, 0.6) is 0 Å². The second-order valence-electron chi connectivity index (χ2n) is 9.61. The van der Waals surface area contributed by atoms with Gasteiger partial charge in [0.05, 0.1) is 10.9 Å². The van der Waals surface area contributed by atoms with E-state index in [9.17, 15) is 0 Å². The normalized spacial score (nSPS) is 31.7. The number of thioether (sulfide) groups is 3. The van der Waals surface area contributed by atoms with Crippen molar-refractivity contribution in [3.63, 3.8) is 0 Å². The first-order chi connectivity index (χ1) is 15.7. The van der Waals surface area contributed by atoms with Crippen LogP contribution in [0.1, 0.15) is 56.1 Å². The highest BCUT2D eigenvalue weighted by molar-refractivity contribution is 8.08. The van der Waals surface area contributed by atoms with Gasteiger partial charge in [-0.15, -0.1) is 23.5 Å². The molecule has 0 unspecified atom stereocenters. The van der Waals surface area contributed by atoms with Crippen LogP contribution in [-0.2, 0) is 9.48 Å². The average molecular weight is 481 g/mol. The summed E-state index contributed by atoms with van der Waals surface area (Å²) in [5, 5.41) is 0. The Bertz CT molecular complexity index is 972. The molecule has 32 heavy (non-hydrogen) atoms. The lowest BCUT2D eigenvalue weighted by Gasteiger charge is -2.56. The topological polar surface area (TPSA) is 9.23 Å². The predicted molar refractivity (Wildman–Crippen MR) is 143 cm³/mol. The van der Waals surface area contributed by atoms with E-state index >= 15 is 0 Å². The molecule has 2 heterocycles. The molecule has 4 aliphatic rings. The van der Waals surface area contributed by atoms with Crippen molar-refractivity contribution >= 4 is 35.3 Å². The number of hydrogen-bond donors (Lipinski definition) is 0. The fourth-order valence-electron chi connectivity index (χ4n) is 6.34. The lowest BCUT2D eigenvalue weighted by Crippen LogP contribution is -2.54. The largest absolute Gasteiger partial charge is 0.355 e. The maximum Gasteiger partial charge on any atom is 0.155 e. The predicted octanol–water partition coefficient (Wildman–Crippen LogP) is 8.09. The van der Waals surface area contributed by atoms with E-state index in [0.717, 1.165) is 11.5 Å². The SMILES string of the molecule is C=C1SCCCSC[C@]12O[C@H]1CCCCCC[C@@H]1C1(S2)c2ccccc2-c2ccccc21. The maximum atomic E-state index is 7.24. The fourth-order valence-corrected chi connectivity index (χ4v) is 11.1. The maximum absolute atomic E-state index is 7.24. The summed E-state index contributed by atoms with van der Waals surface area (Å²) >= 11 is 6.15. The lowest BCUT2D eigenvalue weighted by molar-refractivity contribution is -0.0627. The minimum atomic E-state index is -0.319. The first kappa shape index (κ1) is 21.7. The molecule has 4 heteroatoms. The Morgan fingerprint density at radius 1 is 0.812 bits per heavy atom. The number of fused-ring (bicyclic) bond motifs is 7. The van der Waals surface area contributed by atoms with E-state index in [1.54, 1.807) is 0 Å². The van der Waals surface area contributed by atoms with E-state index in [1.165, 1.54) is 77.9 Å². The van der Waals surface area contributed by atoms with Gasteiger partial charge in [0.25, 0.3) is 0 Å². The van der Waals surface area contributed by atoms with Crippen molar-refractivity contribution in [3.05, 3.63) is 71.1 Å². The summed E-state index contributed by atoms with van der Waals surface area (Å²) in [6.07, 6.45) is 9.30. The zero-order valence-corrected chi connectivity index (χ0v) is 21.1. The van der Waals surface area contributed by atoms with Crippen LogP contribution in [-0.4, -0.2) is 28.3 Å². The fraction of sp³-hybridized carbons (Fsp3) is 0.500. The molecule has 0 aromatic heterocycles. The molecule has 0 radical (unpaired) electrons. The summed E-state index contributed by atoms with van der Waals surface area (Å²) in [5.41, 5.74) is 5.92. The smallest absolute Gasteiger partial charge is 0.155 e. The number of rotatable bonds is 0. The molecule has 2 aliphatic heterocycles. The van der Waals surface area contributed by atoms with Crippen LogP contribution in [0.25, 0.3) is 11.1 Å². The van der Waals surface area contributed by atoms with Crippen LogP contribution in [0.4, 0.5) is 0 Å². The Hall–Kier alpha value is -0.810. The molecule has 6 rings (SSSR count). The Balaban J connectivity index is 1.58. The molecule has 0 N–H and O–H groups in total. The summed E-state index contributed by atoms with van der Waals surface area (Å²) in [7, 11) is 0. The molecule has 3 fully saturated rings. The molecule has 2 spiro atoms. The summed E-state index contributed by atoms with van der Waals surface area (Å²) < 4.78 is 7.20. The Labute approximate surface area is 205 Å². The number of ether oxygens (including phenoxy) is 1. The highest BCUT2D eigenvalue weighted by atomic mass is 32.2. The lowest BCUT2D eigenvalue weighted by atomic mass is 9.74. The summed E-state index contributed by atoms with van der Waals surface area (Å²) in [6.45, 7) is 4.64. The van der Waals surface area contributed by atoms with Crippen LogP contribution < -0.4 is 0 Å². The van der Waals surface area contributed by atoms with Gasteiger partial charge in [-0.1, -0.05) is 80.8 Å². The van der Waals surface area contributed by atoms with E-state index in [2.05, 4.69) is 78.6 Å². The van der Waals surface area contributed by atoms with Crippen LogP contribution >= 0.6 is 35.3 Å². The molecule has 2 aromatic rings. The average Bonchev–Trinajstić information content (AvgIpc) is 3.06. The van der Waals surface area contributed by atoms with E-state index in [1.807, 2.05) is 11.8 Å². The van der Waals surface area contributed by atoms with Gasteiger partial charge in [0.15, 0.2) is 4.93 Å². The van der Waals surface area contributed by atoms with Gasteiger partial charge in [-0.25, -0.2) is 0 Å². The highest BCUT2D eigenvalue weighted by Gasteiger charge is 2.61. The number of benzene rings is 2. The van der Waals surface area contributed by atoms with Crippen molar-refractivity contribution in [2.45, 2.75) is 60.7 Å². The zero-order valence-electron chi connectivity index (χ0n) is 18.7. The van der Waals surface area contributed by atoms with E-state index < -0.39 is 0 Å². The third-order valence-electron chi connectivity index (χ3n) is 7.76. The quantitative estimate of drug-likeness (QED) is 0.376. The van der Waals surface area contributed by atoms with E-state index in [4.69, 9.17) is 4.74 Å². The van der Waals surface area contributed by atoms with Crippen molar-refractivity contribution in [2.75, 3.05) is 17.3 Å². The van der Waals surface area contributed by atoms with Crippen molar-refractivity contribution in [3.8, 4) is 11.1 Å². The van der Waals surface area contributed by atoms with Crippen LogP contribution in [0.15, 0.2) is 60.0 Å². The zero-order chi connectivity index (χ0) is 21.6. The minimum absolute atomic E-state index is 0.0449.